The molecule has 1 saturated heterocycles. The summed E-state index contributed by atoms with van der Waals surface area (Å²) in [6.07, 6.45) is 3.72. The normalized spacial score (nSPS) is 23.5. The smallest absolute Gasteiger partial charge is 0.0450 e. The first-order chi connectivity index (χ1) is 9.15. The second-order valence-corrected chi connectivity index (χ2v) is 5.92. The predicted octanol–water partition coefficient (Wildman–Crippen LogP) is 3.37. The molecule has 2 nitrogen and oxygen atoms in total. The van der Waals surface area contributed by atoms with Gasteiger partial charge in [0.05, 0.1) is 0 Å². The van der Waals surface area contributed by atoms with Crippen LogP contribution in [0.3, 0.4) is 0 Å². The van der Waals surface area contributed by atoms with E-state index < -0.39 is 0 Å². The first-order valence-electron chi connectivity index (χ1n) is 7.74. The zero-order chi connectivity index (χ0) is 13.8. The van der Waals surface area contributed by atoms with Crippen molar-refractivity contribution in [1.82, 2.24) is 4.90 Å². The summed E-state index contributed by atoms with van der Waals surface area (Å²) in [4.78, 5) is 2.56. The number of hydrogen-bond acceptors (Lipinski definition) is 2. The fraction of sp³-hybridized carbons (Fsp3) is 0.647. The molecule has 19 heavy (non-hydrogen) atoms. The maximum Gasteiger partial charge on any atom is 0.0450 e. The van der Waals surface area contributed by atoms with Crippen molar-refractivity contribution < 1.29 is 0 Å². The summed E-state index contributed by atoms with van der Waals surface area (Å²) in [5, 5.41) is 0. The molecule has 3 atom stereocenters. The molecule has 2 rings (SSSR count). The monoisotopic (exact) mass is 260 g/mol. The maximum atomic E-state index is 6.46. The molecule has 2 heteroatoms. The van der Waals surface area contributed by atoms with E-state index in [4.69, 9.17) is 5.73 Å². The molecule has 0 aromatic heterocycles. The fourth-order valence-corrected chi connectivity index (χ4v) is 3.05. The summed E-state index contributed by atoms with van der Waals surface area (Å²) >= 11 is 0. The van der Waals surface area contributed by atoms with E-state index in [2.05, 4.69) is 49.9 Å². The number of nitrogens with two attached hydrogens (primary N) is 1. The zero-order valence-corrected chi connectivity index (χ0v) is 12.6. The average molecular weight is 260 g/mol. The van der Waals surface area contributed by atoms with E-state index in [-0.39, 0.29) is 6.04 Å². The summed E-state index contributed by atoms with van der Waals surface area (Å²) in [6, 6.07) is 9.38. The summed E-state index contributed by atoms with van der Waals surface area (Å²) in [5.41, 5.74) is 9.11. The van der Waals surface area contributed by atoms with Crippen LogP contribution in [-0.2, 0) is 6.42 Å². The van der Waals surface area contributed by atoms with Crippen molar-refractivity contribution in [2.24, 2.45) is 11.7 Å². The van der Waals surface area contributed by atoms with Crippen LogP contribution in [0.5, 0.6) is 0 Å². The van der Waals surface area contributed by atoms with Crippen molar-refractivity contribution >= 4 is 0 Å². The molecular weight excluding hydrogens is 232 g/mol. The van der Waals surface area contributed by atoms with Crippen molar-refractivity contribution in [3.05, 3.63) is 35.4 Å². The van der Waals surface area contributed by atoms with Gasteiger partial charge in [-0.25, -0.2) is 0 Å². The molecule has 1 aliphatic heterocycles. The number of likely N-dealkylation sites (tertiary alicyclic amines) is 1. The van der Waals surface area contributed by atoms with Gasteiger partial charge in [-0.05, 0) is 43.4 Å². The van der Waals surface area contributed by atoms with E-state index in [1.165, 1.54) is 37.1 Å². The third-order valence-corrected chi connectivity index (χ3v) is 4.76. The molecule has 0 bridgehead atoms. The van der Waals surface area contributed by atoms with Gasteiger partial charge in [0, 0.05) is 18.6 Å². The molecule has 0 aliphatic carbocycles. The van der Waals surface area contributed by atoms with E-state index in [0.29, 0.717) is 6.04 Å². The van der Waals surface area contributed by atoms with E-state index in [1.54, 1.807) is 0 Å². The van der Waals surface area contributed by atoms with Crippen LogP contribution in [0.15, 0.2) is 24.3 Å². The largest absolute Gasteiger partial charge is 0.323 e. The van der Waals surface area contributed by atoms with Crippen LogP contribution in [0.25, 0.3) is 0 Å². The molecule has 0 amide bonds. The fourth-order valence-electron chi connectivity index (χ4n) is 3.05. The Morgan fingerprint density at radius 3 is 2.47 bits per heavy atom. The number of aryl methyl sites for hydroxylation is 1. The van der Waals surface area contributed by atoms with Crippen molar-refractivity contribution in [1.29, 1.82) is 0 Å². The van der Waals surface area contributed by atoms with E-state index in [0.717, 1.165) is 12.3 Å². The molecule has 106 valence electrons. The van der Waals surface area contributed by atoms with Crippen LogP contribution in [0.1, 0.15) is 50.8 Å². The Morgan fingerprint density at radius 1 is 1.26 bits per heavy atom. The van der Waals surface area contributed by atoms with Gasteiger partial charge in [-0.2, -0.15) is 0 Å². The highest BCUT2D eigenvalue weighted by molar-refractivity contribution is 5.25. The van der Waals surface area contributed by atoms with Gasteiger partial charge in [-0.3, -0.25) is 4.90 Å². The third-order valence-electron chi connectivity index (χ3n) is 4.76. The Hall–Kier alpha value is -0.860. The van der Waals surface area contributed by atoms with E-state index in [9.17, 15) is 0 Å². The number of nitrogens with zero attached hydrogens (tertiary/aromatic N) is 1. The minimum atomic E-state index is 0.126. The van der Waals surface area contributed by atoms with Crippen LogP contribution in [0.4, 0.5) is 0 Å². The molecule has 1 aliphatic rings. The van der Waals surface area contributed by atoms with Gasteiger partial charge in [0.25, 0.3) is 0 Å². The molecule has 0 radical (unpaired) electrons. The summed E-state index contributed by atoms with van der Waals surface area (Å²) in [5.74, 6) is 0.872. The topological polar surface area (TPSA) is 29.3 Å². The van der Waals surface area contributed by atoms with E-state index >= 15 is 0 Å². The second kappa shape index (κ2) is 6.53. The molecule has 1 heterocycles. The van der Waals surface area contributed by atoms with Gasteiger partial charge in [0.15, 0.2) is 0 Å². The minimum absolute atomic E-state index is 0.126. The Morgan fingerprint density at radius 2 is 1.95 bits per heavy atom. The van der Waals surface area contributed by atoms with Gasteiger partial charge in [0.1, 0.15) is 0 Å². The lowest BCUT2D eigenvalue weighted by Crippen LogP contribution is -2.39. The average Bonchev–Trinajstić information content (AvgIpc) is 2.94. The molecule has 0 saturated carbocycles. The number of benzene rings is 1. The standard InChI is InChI=1S/C17H28N2/c1-4-14-6-8-16(9-7-14)17(18)13(3)19-11-10-15(5-2)12-19/h6-9,13,15,17H,4-5,10-12,18H2,1-3H3. The number of hydrogen-bond donors (Lipinski definition) is 1. The maximum absolute atomic E-state index is 6.46. The van der Waals surface area contributed by atoms with Gasteiger partial charge >= 0.3 is 0 Å². The van der Waals surface area contributed by atoms with Crippen molar-refractivity contribution in [3.8, 4) is 0 Å². The molecule has 1 aromatic carbocycles. The van der Waals surface area contributed by atoms with Crippen molar-refractivity contribution in [2.45, 2.75) is 52.1 Å². The van der Waals surface area contributed by atoms with Gasteiger partial charge < -0.3 is 5.73 Å². The number of rotatable bonds is 5. The van der Waals surface area contributed by atoms with Crippen LogP contribution in [0, 0.1) is 5.92 Å². The van der Waals surface area contributed by atoms with Crippen LogP contribution >= 0.6 is 0 Å². The lowest BCUT2D eigenvalue weighted by Gasteiger charge is -2.30. The van der Waals surface area contributed by atoms with Gasteiger partial charge in [-0.1, -0.05) is 44.5 Å². The molecular formula is C17H28N2. The van der Waals surface area contributed by atoms with Crippen molar-refractivity contribution in [2.75, 3.05) is 13.1 Å². The SMILES string of the molecule is CCc1ccc(C(N)C(C)N2CCC(CC)C2)cc1. The third kappa shape index (κ3) is 3.37. The highest BCUT2D eigenvalue weighted by Gasteiger charge is 2.28. The van der Waals surface area contributed by atoms with Crippen LogP contribution < -0.4 is 5.73 Å². The minimum Gasteiger partial charge on any atom is -0.323 e. The first-order valence-corrected chi connectivity index (χ1v) is 7.74. The second-order valence-electron chi connectivity index (χ2n) is 5.92. The van der Waals surface area contributed by atoms with Crippen molar-refractivity contribution in [3.63, 3.8) is 0 Å². The molecule has 1 aromatic rings. The first kappa shape index (κ1) is 14.5. The van der Waals surface area contributed by atoms with Gasteiger partial charge in [-0.15, -0.1) is 0 Å². The Bertz CT molecular complexity index is 385. The zero-order valence-electron chi connectivity index (χ0n) is 12.6. The Labute approximate surface area is 118 Å². The quantitative estimate of drug-likeness (QED) is 0.879. The lowest BCUT2D eigenvalue weighted by atomic mass is 9.98. The predicted molar refractivity (Wildman–Crippen MR) is 82.2 cm³/mol. The lowest BCUT2D eigenvalue weighted by molar-refractivity contribution is 0.218. The molecule has 0 spiro atoms. The highest BCUT2D eigenvalue weighted by atomic mass is 15.2. The highest BCUT2D eigenvalue weighted by Crippen LogP contribution is 2.26. The summed E-state index contributed by atoms with van der Waals surface area (Å²) in [7, 11) is 0. The Kier molecular flexibility index (Phi) is 5.00. The summed E-state index contributed by atoms with van der Waals surface area (Å²) in [6.45, 7) is 9.18. The van der Waals surface area contributed by atoms with Crippen LogP contribution in [0.2, 0.25) is 0 Å². The van der Waals surface area contributed by atoms with E-state index in [1.807, 2.05) is 0 Å². The van der Waals surface area contributed by atoms with Gasteiger partial charge in [0.2, 0.25) is 0 Å². The van der Waals surface area contributed by atoms with Crippen LogP contribution in [-0.4, -0.2) is 24.0 Å². The molecule has 3 unspecified atom stereocenters. The molecule has 1 fully saturated rings. The molecule has 2 N–H and O–H groups in total. The summed E-state index contributed by atoms with van der Waals surface area (Å²) < 4.78 is 0. The Balaban J connectivity index is 1.99.